The Bertz CT molecular complexity index is 942. The number of thiophene rings is 1. The maximum atomic E-state index is 13.6. The van der Waals surface area contributed by atoms with Crippen LogP contribution in [0.25, 0.3) is 0 Å². The Morgan fingerprint density at radius 2 is 2.12 bits per heavy atom. The minimum atomic E-state index is -0.598. The number of aliphatic hydroxyl groups is 1. The number of ether oxygens (including phenoxy) is 2. The zero-order chi connectivity index (χ0) is 24.1. The molecule has 2 atom stereocenters. The second-order valence-corrected chi connectivity index (χ2v) is 11.0. The Balaban J connectivity index is 1.43. The van der Waals surface area contributed by atoms with Crippen LogP contribution in [0.3, 0.4) is 0 Å². The van der Waals surface area contributed by atoms with Gasteiger partial charge in [-0.15, -0.1) is 11.3 Å². The highest BCUT2D eigenvalue weighted by atomic mass is 32.1. The van der Waals surface area contributed by atoms with Crippen LogP contribution in [0.15, 0.2) is 35.7 Å². The van der Waals surface area contributed by atoms with Crippen LogP contribution >= 0.6 is 11.3 Å². The SMILES string of the molecule is Cc1cccc(OCC2c3ccsc3CCN2C(=O)CN(CC(O)COC(C)C)CC2CC2)c1. The molecule has 1 N–H and O–H groups in total. The highest BCUT2D eigenvalue weighted by Crippen LogP contribution is 2.34. The first-order valence-corrected chi connectivity index (χ1v) is 13.3. The Hall–Kier alpha value is -1.93. The van der Waals surface area contributed by atoms with Crippen LogP contribution in [0, 0.1) is 12.8 Å². The number of hydrogen-bond acceptors (Lipinski definition) is 6. The summed E-state index contributed by atoms with van der Waals surface area (Å²) in [6.45, 7) is 9.03. The molecule has 6 nitrogen and oxygen atoms in total. The average Bonchev–Trinajstić information content (AvgIpc) is 3.47. The quantitative estimate of drug-likeness (QED) is 0.490. The van der Waals surface area contributed by atoms with E-state index in [-0.39, 0.29) is 18.1 Å². The number of carbonyl (C=O) groups is 1. The fourth-order valence-corrected chi connectivity index (χ4v) is 5.49. The van der Waals surface area contributed by atoms with Crippen LogP contribution in [0.2, 0.25) is 0 Å². The van der Waals surface area contributed by atoms with E-state index in [4.69, 9.17) is 9.47 Å². The van der Waals surface area contributed by atoms with E-state index in [1.165, 1.54) is 23.3 Å². The van der Waals surface area contributed by atoms with Gasteiger partial charge >= 0.3 is 0 Å². The lowest BCUT2D eigenvalue weighted by Crippen LogP contribution is -2.48. The second kappa shape index (κ2) is 11.7. The number of carbonyl (C=O) groups excluding carboxylic acids is 1. The maximum Gasteiger partial charge on any atom is 0.237 e. The van der Waals surface area contributed by atoms with Gasteiger partial charge in [-0.25, -0.2) is 0 Å². The van der Waals surface area contributed by atoms with Gasteiger partial charge in [0.2, 0.25) is 5.91 Å². The van der Waals surface area contributed by atoms with Crippen LogP contribution in [0.1, 0.15) is 48.7 Å². The number of hydrogen-bond donors (Lipinski definition) is 1. The number of nitrogens with zero attached hydrogens (tertiary/aromatic N) is 2. The van der Waals surface area contributed by atoms with Gasteiger partial charge < -0.3 is 19.5 Å². The summed E-state index contributed by atoms with van der Waals surface area (Å²) < 4.78 is 11.8. The molecule has 1 amide bonds. The predicted octanol–water partition coefficient (Wildman–Crippen LogP) is 4.06. The molecule has 0 radical (unpaired) electrons. The highest BCUT2D eigenvalue weighted by Gasteiger charge is 2.34. The van der Waals surface area contributed by atoms with Gasteiger partial charge in [0.05, 0.1) is 31.4 Å². The number of amides is 1. The van der Waals surface area contributed by atoms with Crippen molar-refractivity contribution in [3.8, 4) is 5.75 Å². The van der Waals surface area contributed by atoms with Crippen molar-refractivity contribution < 1.29 is 19.4 Å². The summed E-state index contributed by atoms with van der Waals surface area (Å²) in [7, 11) is 0. The molecule has 2 aromatic rings. The van der Waals surface area contributed by atoms with Crippen molar-refractivity contribution in [2.24, 2.45) is 5.92 Å². The number of benzene rings is 1. The Labute approximate surface area is 207 Å². The summed E-state index contributed by atoms with van der Waals surface area (Å²) in [5.41, 5.74) is 2.36. The minimum absolute atomic E-state index is 0.0791. The molecule has 7 heteroatoms. The molecular weight excluding hydrogens is 448 g/mol. The summed E-state index contributed by atoms with van der Waals surface area (Å²) in [4.78, 5) is 19.0. The molecule has 34 heavy (non-hydrogen) atoms. The minimum Gasteiger partial charge on any atom is -0.491 e. The Morgan fingerprint density at radius 1 is 1.29 bits per heavy atom. The summed E-state index contributed by atoms with van der Waals surface area (Å²) in [5, 5.41) is 12.6. The highest BCUT2D eigenvalue weighted by molar-refractivity contribution is 7.10. The molecule has 1 fully saturated rings. The molecule has 4 rings (SSSR count). The lowest BCUT2D eigenvalue weighted by Gasteiger charge is -2.37. The third-order valence-corrected chi connectivity index (χ3v) is 7.47. The third kappa shape index (κ3) is 7.04. The van der Waals surface area contributed by atoms with Crippen LogP contribution in [-0.2, 0) is 16.0 Å². The molecule has 1 aromatic heterocycles. The van der Waals surface area contributed by atoms with Gasteiger partial charge in [0.25, 0.3) is 0 Å². The molecule has 1 aliphatic carbocycles. The number of fused-ring (bicyclic) bond motifs is 1. The van der Waals surface area contributed by atoms with E-state index in [0.717, 1.165) is 24.3 Å². The monoisotopic (exact) mass is 486 g/mol. The largest absolute Gasteiger partial charge is 0.491 e. The van der Waals surface area contributed by atoms with Crippen molar-refractivity contribution >= 4 is 17.2 Å². The second-order valence-electron chi connectivity index (χ2n) is 9.95. The molecular formula is C27H38N2O4S. The summed E-state index contributed by atoms with van der Waals surface area (Å²) in [6.07, 6.45) is 2.78. The predicted molar refractivity (Wildman–Crippen MR) is 135 cm³/mol. The zero-order valence-corrected chi connectivity index (χ0v) is 21.4. The topological polar surface area (TPSA) is 62.2 Å². The van der Waals surface area contributed by atoms with Crippen LogP contribution in [-0.4, -0.2) is 72.4 Å². The van der Waals surface area contributed by atoms with E-state index in [9.17, 15) is 9.90 Å². The lowest BCUT2D eigenvalue weighted by atomic mass is 10.0. The summed E-state index contributed by atoms with van der Waals surface area (Å²) in [5.74, 6) is 1.57. The molecule has 0 spiro atoms. The number of rotatable bonds is 12. The van der Waals surface area contributed by atoms with E-state index in [0.29, 0.717) is 38.8 Å². The maximum absolute atomic E-state index is 13.6. The first kappa shape index (κ1) is 25.2. The van der Waals surface area contributed by atoms with E-state index < -0.39 is 6.10 Å². The Kier molecular flexibility index (Phi) is 8.64. The van der Waals surface area contributed by atoms with Crippen molar-refractivity contribution in [2.75, 3.05) is 39.4 Å². The van der Waals surface area contributed by atoms with Crippen LogP contribution < -0.4 is 4.74 Å². The molecule has 186 valence electrons. The van der Waals surface area contributed by atoms with Gasteiger partial charge in [-0.2, -0.15) is 0 Å². The third-order valence-electron chi connectivity index (χ3n) is 6.48. The average molecular weight is 487 g/mol. The Morgan fingerprint density at radius 3 is 2.85 bits per heavy atom. The fraction of sp³-hybridized carbons (Fsp3) is 0.593. The van der Waals surface area contributed by atoms with E-state index in [1.54, 1.807) is 11.3 Å². The van der Waals surface area contributed by atoms with Crippen molar-refractivity contribution in [1.29, 1.82) is 0 Å². The molecule has 0 bridgehead atoms. The first-order chi connectivity index (χ1) is 16.4. The smallest absolute Gasteiger partial charge is 0.237 e. The van der Waals surface area contributed by atoms with E-state index in [1.807, 2.05) is 36.9 Å². The zero-order valence-electron chi connectivity index (χ0n) is 20.6. The molecule has 0 saturated heterocycles. The van der Waals surface area contributed by atoms with Gasteiger partial charge in [0.15, 0.2) is 0 Å². The van der Waals surface area contributed by atoms with Crippen LogP contribution in [0.4, 0.5) is 0 Å². The normalized spacial score (nSPS) is 18.9. The van der Waals surface area contributed by atoms with Gasteiger partial charge in [-0.1, -0.05) is 12.1 Å². The standard InChI is InChI=1S/C27H38N2O4S/c1-19(2)32-17-22(30)15-28(14-21-7-8-21)16-27(31)29-11-9-26-24(10-12-34-26)25(29)18-33-23-6-4-5-20(3)13-23/h4-6,10,12-13,19,21-22,25,30H,7-9,11,14-18H2,1-3H3. The van der Waals surface area contributed by atoms with Crippen molar-refractivity contribution in [3.05, 3.63) is 51.7 Å². The van der Waals surface area contributed by atoms with Gasteiger partial charge in [-0.3, -0.25) is 9.69 Å². The fourth-order valence-electron chi connectivity index (χ4n) is 4.56. The summed E-state index contributed by atoms with van der Waals surface area (Å²) >= 11 is 1.76. The molecule has 2 heterocycles. The van der Waals surface area contributed by atoms with Crippen molar-refractivity contribution in [1.82, 2.24) is 9.80 Å². The number of aryl methyl sites for hydroxylation is 1. The van der Waals surface area contributed by atoms with Gasteiger partial charge in [0.1, 0.15) is 12.4 Å². The lowest BCUT2D eigenvalue weighted by molar-refractivity contribution is -0.136. The molecule has 2 unspecified atom stereocenters. The molecule has 1 aliphatic heterocycles. The van der Waals surface area contributed by atoms with Gasteiger partial charge in [0, 0.05) is 24.5 Å². The van der Waals surface area contributed by atoms with E-state index in [2.05, 4.69) is 29.3 Å². The first-order valence-electron chi connectivity index (χ1n) is 12.5. The van der Waals surface area contributed by atoms with Crippen molar-refractivity contribution in [2.45, 2.75) is 58.3 Å². The van der Waals surface area contributed by atoms with Crippen molar-refractivity contribution in [3.63, 3.8) is 0 Å². The van der Waals surface area contributed by atoms with Crippen LogP contribution in [0.5, 0.6) is 5.75 Å². The molecule has 1 aromatic carbocycles. The molecule has 2 aliphatic rings. The molecule has 1 saturated carbocycles. The van der Waals surface area contributed by atoms with E-state index >= 15 is 0 Å². The summed E-state index contributed by atoms with van der Waals surface area (Å²) in [6, 6.07) is 10.1. The number of aliphatic hydroxyl groups excluding tert-OH is 1. The van der Waals surface area contributed by atoms with Gasteiger partial charge in [-0.05, 0) is 80.7 Å².